The van der Waals surface area contributed by atoms with Crippen molar-refractivity contribution in [2.75, 3.05) is 47.5 Å². The minimum absolute atomic E-state index is 0.139. The molecule has 0 aliphatic rings. The van der Waals surface area contributed by atoms with Gasteiger partial charge in [0, 0.05) is 12.8 Å². The molecule has 0 spiro atoms. The van der Waals surface area contributed by atoms with E-state index in [0.717, 1.165) is 77.0 Å². The molecule has 0 radical (unpaired) electrons. The first-order chi connectivity index (χ1) is 31.6. The monoisotopic (exact) mass is 912 g/mol. The van der Waals surface area contributed by atoms with Crippen LogP contribution < -0.4 is 5.11 Å². The Kier molecular flexibility index (Phi) is 44.9. The quantitative estimate of drug-likeness (QED) is 0.0195. The maximum absolute atomic E-state index is 12.8. The lowest BCUT2D eigenvalue weighted by molar-refractivity contribution is -0.870. The molecule has 374 valence electrons. The van der Waals surface area contributed by atoms with Crippen molar-refractivity contribution in [3.05, 3.63) is 72.9 Å². The summed E-state index contributed by atoms with van der Waals surface area (Å²) in [6.07, 6.45) is 56.5. The molecule has 0 aromatic heterocycles. The molecular formula is C56H97NO8. The van der Waals surface area contributed by atoms with Gasteiger partial charge < -0.3 is 33.3 Å². The summed E-state index contributed by atoms with van der Waals surface area (Å²) in [5.41, 5.74) is 0. The number of ether oxygens (including phenoxy) is 4. The standard InChI is InChI=1S/C56H97NO8/c1-6-8-10-12-14-16-18-20-22-24-25-26-27-28-29-31-32-34-36-38-40-42-44-46-53(58)63-50-52(51-64-56(55(60)61)62-49-48-57(3,4)5)65-54(59)47-45-43-41-39-37-35-33-30-23-21-19-17-15-13-11-9-7-2/h9,11,15,17-18,20-21,23-25,33,35,52,56H,6-8,10,12-14,16,19,22,26-32,34,36-51H2,1-5H3/b11-9-,17-15-,20-18-,23-21-,25-24-,35-33-. The van der Waals surface area contributed by atoms with Crippen LogP contribution in [-0.4, -0.2) is 82.3 Å². The molecule has 0 saturated heterocycles. The lowest BCUT2D eigenvalue weighted by atomic mass is 10.0. The summed E-state index contributed by atoms with van der Waals surface area (Å²) in [5, 5.41) is 11.7. The molecule has 0 N–H and O–H groups in total. The summed E-state index contributed by atoms with van der Waals surface area (Å²) >= 11 is 0. The number of quaternary nitrogens is 1. The second kappa shape index (κ2) is 47.2. The predicted molar refractivity (Wildman–Crippen MR) is 269 cm³/mol. The summed E-state index contributed by atoms with van der Waals surface area (Å²) in [5.74, 6) is -2.32. The topological polar surface area (TPSA) is 111 Å². The minimum atomic E-state index is -1.63. The first kappa shape index (κ1) is 61.7. The smallest absolute Gasteiger partial charge is 0.306 e. The highest BCUT2D eigenvalue weighted by Crippen LogP contribution is 2.14. The van der Waals surface area contributed by atoms with Crippen molar-refractivity contribution < 1.29 is 42.9 Å². The molecule has 0 fully saturated rings. The Bertz CT molecular complexity index is 1290. The number of hydrogen-bond acceptors (Lipinski definition) is 8. The zero-order chi connectivity index (χ0) is 47.7. The van der Waals surface area contributed by atoms with Crippen LogP contribution in [0.25, 0.3) is 0 Å². The van der Waals surface area contributed by atoms with Crippen LogP contribution >= 0.6 is 0 Å². The third-order valence-corrected chi connectivity index (χ3v) is 10.9. The van der Waals surface area contributed by atoms with Gasteiger partial charge in [-0.05, 0) is 83.5 Å². The molecule has 9 heteroatoms. The van der Waals surface area contributed by atoms with E-state index < -0.39 is 24.3 Å². The van der Waals surface area contributed by atoms with Crippen LogP contribution in [-0.2, 0) is 33.3 Å². The van der Waals surface area contributed by atoms with Crippen LogP contribution in [0.2, 0.25) is 0 Å². The highest BCUT2D eigenvalue weighted by molar-refractivity contribution is 5.70. The number of carbonyl (C=O) groups excluding carboxylic acids is 3. The SMILES string of the molecule is CC/C=C\C/C=C\C/C=C\C/C=C\CCCCCCC(=O)OC(COC(=O)CCCCCCCCCCCCC/C=C\C/C=C\CCCCCCC)COC(OCC[N+](C)(C)C)C(=O)[O-]. The Balaban J connectivity index is 4.34. The number of esters is 2. The van der Waals surface area contributed by atoms with Gasteiger partial charge >= 0.3 is 11.9 Å². The van der Waals surface area contributed by atoms with Gasteiger partial charge in [-0.3, -0.25) is 9.59 Å². The van der Waals surface area contributed by atoms with Crippen molar-refractivity contribution in [2.45, 2.75) is 219 Å². The number of carboxylic acids is 1. The van der Waals surface area contributed by atoms with Gasteiger partial charge in [-0.15, -0.1) is 0 Å². The molecule has 2 atom stereocenters. The molecule has 0 bridgehead atoms. The van der Waals surface area contributed by atoms with Gasteiger partial charge in [0.05, 0.1) is 40.3 Å². The second-order valence-electron chi connectivity index (χ2n) is 18.4. The molecule has 0 aromatic rings. The van der Waals surface area contributed by atoms with Gasteiger partial charge in [0.15, 0.2) is 12.4 Å². The zero-order valence-electron chi connectivity index (χ0n) is 42.3. The Morgan fingerprint density at radius 2 is 0.877 bits per heavy atom. The fourth-order valence-corrected chi connectivity index (χ4v) is 6.91. The summed E-state index contributed by atoms with van der Waals surface area (Å²) in [4.78, 5) is 37.2. The highest BCUT2D eigenvalue weighted by atomic mass is 16.7. The predicted octanol–water partition coefficient (Wildman–Crippen LogP) is 13.3. The first-order valence-electron chi connectivity index (χ1n) is 26.1. The van der Waals surface area contributed by atoms with Crippen molar-refractivity contribution in [3.63, 3.8) is 0 Å². The normalized spacial score (nSPS) is 13.4. The number of carbonyl (C=O) groups is 3. The molecule has 0 aliphatic carbocycles. The van der Waals surface area contributed by atoms with Gasteiger partial charge in [-0.25, -0.2) is 0 Å². The lowest BCUT2D eigenvalue weighted by Crippen LogP contribution is -2.44. The Hall–Kier alpha value is -3.27. The van der Waals surface area contributed by atoms with Crippen LogP contribution in [0.15, 0.2) is 72.9 Å². The van der Waals surface area contributed by atoms with E-state index >= 15 is 0 Å². The van der Waals surface area contributed by atoms with Gasteiger partial charge in [0.2, 0.25) is 0 Å². The maximum atomic E-state index is 12.8. The number of hydrogen-bond donors (Lipinski definition) is 0. The van der Waals surface area contributed by atoms with Crippen LogP contribution in [0.3, 0.4) is 0 Å². The number of aliphatic carboxylic acids is 1. The molecule has 0 aromatic carbocycles. The van der Waals surface area contributed by atoms with Crippen molar-refractivity contribution in [1.82, 2.24) is 0 Å². The van der Waals surface area contributed by atoms with E-state index in [4.69, 9.17) is 18.9 Å². The second-order valence-corrected chi connectivity index (χ2v) is 18.4. The molecular weight excluding hydrogens is 815 g/mol. The first-order valence-corrected chi connectivity index (χ1v) is 26.1. The zero-order valence-corrected chi connectivity index (χ0v) is 42.3. The molecule has 0 aliphatic heterocycles. The largest absolute Gasteiger partial charge is 0.545 e. The Labute approximate surface area is 398 Å². The molecule has 0 rings (SSSR count). The van der Waals surface area contributed by atoms with Gasteiger partial charge in [-0.1, -0.05) is 183 Å². The van der Waals surface area contributed by atoms with Crippen molar-refractivity contribution >= 4 is 17.9 Å². The van der Waals surface area contributed by atoms with Crippen molar-refractivity contribution in [3.8, 4) is 0 Å². The van der Waals surface area contributed by atoms with Crippen LogP contribution in [0.5, 0.6) is 0 Å². The van der Waals surface area contributed by atoms with E-state index in [1.165, 1.54) is 96.3 Å². The fraction of sp³-hybridized carbons (Fsp3) is 0.732. The van der Waals surface area contributed by atoms with Crippen molar-refractivity contribution in [1.29, 1.82) is 0 Å². The molecule has 9 nitrogen and oxygen atoms in total. The number of carboxylic acid groups (broad SMARTS) is 1. The van der Waals surface area contributed by atoms with E-state index in [1.54, 1.807) is 0 Å². The molecule has 2 unspecified atom stereocenters. The average Bonchev–Trinajstić information content (AvgIpc) is 3.27. The minimum Gasteiger partial charge on any atom is -0.545 e. The number of allylic oxidation sites excluding steroid dienone is 12. The summed E-state index contributed by atoms with van der Waals surface area (Å²) < 4.78 is 22.6. The van der Waals surface area contributed by atoms with E-state index in [1.807, 2.05) is 21.1 Å². The number of unbranched alkanes of at least 4 members (excludes halogenated alkanes) is 20. The maximum Gasteiger partial charge on any atom is 0.306 e. The molecule has 0 amide bonds. The Morgan fingerprint density at radius 1 is 0.477 bits per heavy atom. The molecule has 0 heterocycles. The summed E-state index contributed by atoms with van der Waals surface area (Å²) in [7, 11) is 5.90. The van der Waals surface area contributed by atoms with Crippen LogP contribution in [0, 0.1) is 0 Å². The van der Waals surface area contributed by atoms with Crippen molar-refractivity contribution in [2.24, 2.45) is 0 Å². The Morgan fingerprint density at radius 3 is 1.31 bits per heavy atom. The summed E-state index contributed by atoms with van der Waals surface area (Å²) in [6, 6.07) is 0. The van der Waals surface area contributed by atoms with Gasteiger partial charge in [-0.2, -0.15) is 0 Å². The van der Waals surface area contributed by atoms with E-state index in [0.29, 0.717) is 17.4 Å². The molecule has 65 heavy (non-hydrogen) atoms. The number of rotatable bonds is 47. The summed E-state index contributed by atoms with van der Waals surface area (Å²) in [6.45, 7) is 4.59. The third-order valence-electron chi connectivity index (χ3n) is 10.9. The van der Waals surface area contributed by atoms with Crippen LogP contribution in [0.4, 0.5) is 0 Å². The third kappa shape index (κ3) is 48.5. The van der Waals surface area contributed by atoms with E-state index in [9.17, 15) is 19.5 Å². The fourth-order valence-electron chi connectivity index (χ4n) is 6.91. The van der Waals surface area contributed by atoms with E-state index in [-0.39, 0.29) is 38.6 Å². The van der Waals surface area contributed by atoms with E-state index in [2.05, 4.69) is 86.8 Å². The number of nitrogens with zero attached hydrogens (tertiary/aromatic N) is 1. The highest BCUT2D eigenvalue weighted by Gasteiger charge is 2.21. The lowest BCUT2D eigenvalue weighted by Gasteiger charge is -2.26. The van der Waals surface area contributed by atoms with Gasteiger partial charge in [0.25, 0.3) is 0 Å². The average molecular weight is 912 g/mol. The van der Waals surface area contributed by atoms with Gasteiger partial charge in [0.1, 0.15) is 13.2 Å². The molecule has 0 saturated carbocycles. The number of likely N-dealkylation sites (N-methyl/N-ethyl adjacent to an activating group) is 1. The van der Waals surface area contributed by atoms with Crippen LogP contribution in [0.1, 0.15) is 206 Å².